The molecule has 4 heteroatoms. The molecule has 1 saturated carbocycles. The van der Waals surface area contributed by atoms with Crippen LogP contribution >= 0.6 is 15.9 Å². The maximum absolute atomic E-state index is 11.0. The fourth-order valence-electron chi connectivity index (χ4n) is 2.30. The Balaban J connectivity index is 2.40. The number of halogens is 1. The minimum absolute atomic E-state index is 0.337. The SMILES string of the molecule is Cc1cc(Br)ccc1C1(C(N)C(=O)O)CC1. The Hall–Kier alpha value is -0.870. The normalized spacial score (nSPS) is 19.2. The van der Waals surface area contributed by atoms with Gasteiger partial charge in [0.25, 0.3) is 0 Å². The third kappa shape index (κ3) is 1.76. The molecule has 0 aliphatic heterocycles. The lowest BCUT2D eigenvalue weighted by Gasteiger charge is -2.22. The number of hydrogen-bond acceptors (Lipinski definition) is 2. The van der Waals surface area contributed by atoms with Crippen LogP contribution in [0.1, 0.15) is 24.0 Å². The highest BCUT2D eigenvalue weighted by Gasteiger charge is 2.52. The van der Waals surface area contributed by atoms with Gasteiger partial charge >= 0.3 is 5.97 Å². The molecule has 1 aromatic carbocycles. The summed E-state index contributed by atoms with van der Waals surface area (Å²) in [4.78, 5) is 11.0. The molecule has 2 rings (SSSR count). The second kappa shape index (κ2) is 3.86. The lowest BCUT2D eigenvalue weighted by Crippen LogP contribution is -2.42. The molecule has 16 heavy (non-hydrogen) atoms. The number of carboxylic acids is 1. The van der Waals surface area contributed by atoms with Crippen LogP contribution in [-0.4, -0.2) is 17.1 Å². The van der Waals surface area contributed by atoms with E-state index >= 15 is 0 Å². The molecule has 0 aromatic heterocycles. The molecule has 1 aliphatic carbocycles. The fourth-order valence-corrected chi connectivity index (χ4v) is 2.78. The van der Waals surface area contributed by atoms with Gasteiger partial charge in [0.2, 0.25) is 0 Å². The molecular formula is C12H14BrNO2. The van der Waals surface area contributed by atoms with E-state index in [4.69, 9.17) is 10.8 Å². The van der Waals surface area contributed by atoms with Gasteiger partial charge in [-0.2, -0.15) is 0 Å². The van der Waals surface area contributed by atoms with Gasteiger partial charge in [0.15, 0.2) is 0 Å². The molecule has 1 atom stereocenters. The Bertz CT molecular complexity index is 441. The van der Waals surface area contributed by atoms with Crippen LogP contribution in [-0.2, 0) is 10.2 Å². The zero-order valence-corrected chi connectivity index (χ0v) is 10.6. The van der Waals surface area contributed by atoms with E-state index in [9.17, 15) is 4.79 Å². The van der Waals surface area contributed by atoms with Gasteiger partial charge in [-0.3, -0.25) is 4.79 Å². The van der Waals surface area contributed by atoms with Crippen molar-refractivity contribution in [3.63, 3.8) is 0 Å². The molecule has 1 fully saturated rings. The van der Waals surface area contributed by atoms with Crippen molar-refractivity contribution in [2.75, 3.05) is 0 Å². The minimum atomic E-state index is -0.917. The largest absolute Gasteiger partial charge is 0.480 e. The lowest BCUT2D eigenvalue weighted by atomic mass is 9.86. The molecule has 0 heterocycles. The van der Waals surface area contributed by atoms with E-state index in [2.05, 4.69) is 15.9 Å². The molecule has 0 saturated heterocycles. The number of rotatable bonds is 3. The van der Waals surface area contributed by atoms with Gasteiger partial charge in [-0.25, -0.2) is 0 Å². The van der Waals surface area contributed by atoms with Crippen LogP contribution in [0.15, 0.2) is 22.7 Å². The third-order valence-electron chi connectivity index (χ3n) is 3.37. The maximum atomic E-state index is 11.0. The molecule has 86 valence electrons. The summed E-state index contributed by atoms with van der Waals surface area (Å²) in [6, 6.07) is 5.13. The average molecular weight is 284 g/mol. The number of aliphatic carboxylic acids is 1. The molecule has 0 bridgehead atoms. The molecule has 0 amide bonds. The predicted octanol–water partition coefficient (Wildman–Crippen LogP) is 2.20. The molecule has 3 N–H and O–H groups in total. The number of benzene rings is 1. The van der Waals surface area contributed by atoms with Crippen LogP contribution in [0, 0.1) is 6.92 Å². The maximum Gasteiger partial charge on any atom is 0.321 e. The first-order chi connectivity index (χ1) is 7.47. The molecule has 1 aromatic rings. The van der Waals surface area contributed by atoms with Crippen LogP contribution in [0.5, 0.6) is 0 Å². The van der Waals surface area contributed by atoms with Crippen molar-refractivity contribution in [1.82, 2.24) is 0 Å². The van der Waals surface area contributed by atoms with E-state index < -0.39 is 12.0 Å². The van der Waals surface area contributed by atoms with Crippen LogP contribution in [0.4, 0.5) is 0 Å². The van der Waals surface area contributed by atoms with Crippen molar-refractivity contribution in [3.8, 4) is 0 Å². The first kappa shape index (κ1) is 11.6. The van der Waals surface area contributed by atoms with Crippen molar-refractivity contribution in [1.29, 1.82) is 0 Å². The monoisotopic (exact) mass is 283 g/mol. The van der Waals surface area contributed by atoms with Crippen LogP contribution < -0.4 is 5.73 Å². The van der Waals surface area contributed by atoms with Crippen molar-refractivity contribution in [3.05, 3.63) is 33.8 Å². The second-order valence-corrected chi connectivity index (χ2v) is 5.35. The third-order valence-corrected chi connectivity index (χ3v) is 3.87. The number of carboxylic acid groups (broad SMARTS) is 1. The molecular weight excluding hydrogens is 270 g/mol. The summed E-state index contributed by atoms with van der Waals surface area (Å²) in [5, 5.41) is 9.03. The van der Waals surface area contributed by atoms with Gasteiger partial charge in [0.1, 0.15) is 6.04 Å². The smallest absolute Gasteiger partial charge is 0.321 e. The number of aryl methyl sites for hydroxylation is 1. The number of nitrogens with two attached hydrogens (primary N) is 1. The summed E-state index contributed by atoms with van der Waals surface area (Å²) in [6.45, 7) is 1.99. The summed E-state index contributed by atoms with van der Waals surface area (Å²) >= 11 is 3.40. The Labute approximate surface area is 103 Å². The van der Waals surface area contributed by atoms with E-state index in [0.717, 1.165) is 28.4 Å². The van der Waals surface area contributed by atoms with Crippen LogP contribution in [0.3, 0.4) is 0 Å². The summed E-state index contributed by atoms with van der Waals surface area (Å²) in [7, 11) is 0. The highest BCUT2D eigenvalue weighted by Crippen LogP contribution is 2.51. The van der Waals surface area contributed by atoms with Gasteiger partial charge < -0.3 is 10.8 Å². The molecule has 3 nitrogen and oxygen atoms in total. The lowest BCUT2D eigenvalue weighted by molar-refractivity contribution is -0.139. The van der Waals surface area contributed by atoms with Gasteiger partial charge in [-0.15, -0.1) is 0 Å². The van der Waals surface area contributed by atoms with Gasteiger partial charge in [-0.05, 0) is 43.0 Å². The topological polar surface area (TPSA) is 63.3 Å². The van der Waals surface area contributed by atoms with E-state index in [1.54, 1.807) is 0 Å². The van der Waals surface area contributed by atoms with Crippen LogP contribution in [0.2, 0.25) is 0 Å². The summed E-state index contributed by atoms with van der Waals surface area (Å²) in [6.07, 6.45) is 1.73. The van der Waals surface area contributed by atoms with Crippen molar-refractivity contribution >= 4 is 21.9 Å². The number of hydrogen-bond donors (Lipinski definition) is 2. The van der Waals surface area contributed by atoms with E-state index in [1.807, 2.05) is 25.1 Å². The molecule has 1 unspecified atom stereocenters. The first-order valence-electron chi connectivity index (χ1n) is 5.22. The standard InChI is InChI=1S/C12H14BrNO2/c1-7-6-8(13)2-3-9(7)12(4-5-12)10(14)11(15)16/h2-3,6,10H,4-5,14H2,1H3,(H,15,16). The van der Waals surface area contributed by atoms with E-state index in [0.29, 0.717) is 0 Å². The Morgan fingerprint density at radius 3 is 2.62 bits per heavy atom. The average Bonchev–Trinajstić information content (AvgIpc) is 2.97. The molecule has 0 radical (unpaired) electrons. The summed E-state index contributed by atoms with van der Waals surface area (Å²) in [5.41, 5.74) is 7.62. The van der Waals surface area contributed by atoms with Crippen molar-refractivity contribution in [2.24, 2.45) is 5.73 Å². The highest BCUT2D eigenvalue weighted by atomic mass is 79.9. The Kier molecular flexibility index (Phi) is 2.80. The fraction of sp³-hybridized carbons (Fsp3) is 0.417. The minimum Gasteiger partial charge on any atom is -0.480 e. The Morgan fingerprint density at radius 1 is 1.56 bits per heavy atom. The first-order valence-corrected chi connectivity index (χ1v) is 6.02. The van der Waals surface area contributed by atoms with E-state index in [1.165, 1.54) is 0 Å². The highest BCUT2D eigenvalue weighted by molar-refractivity contribution is 9.10. The van der Waals surface area contributed by atoms with E-state index in [-0.39, 0.29) is 5.41 Å². The van der Waals surface area contributed by atoms with Gasteiger partial charge in [-0.1, -0.05) is 22.0 Å². The summed E-state index contributed by atoms with van der Waals surface area (Å²) in [5.74, 6) is -0.917. The number of carbonyl (C=O) groups is 1. The molecule has 0 spiro atoms. The second-order valence-electron chi connectivity index (χ2n) is 4.43. The Morgan fingerprint density at radius 2 is 2.19 bits per heavy atom. The van der Waals surface area contributed by atoms with Crippen molar-refractivity contribution in [2.45, 2.75) is 31.2 Å². The molecule has 1 aliphatic rings. The van der Waals surface area contributed by atoms with Crippen molar-refractivity contribution < 1.29 is 9.90 Å². The summed E-state index contributed by atoms with van der Waals surface area (Å²) < 4.78 is 1.01. The van der Waals surface area contributed by atoms with Crippen LogP contribution in [0.25, 0.3) is 0 Å². The quantitative estimate of drug-likeness (QED) is 0.894. The van der Waals surface area contributed by atoms with Gasteiger partial charge in [0, 0.05) is 9.89 Å². The predicted molar refractivity (Wildman–Crippen MR) is 65.4 cm³/mol. The zero-order valence-electron chi connectivity index (χ0n) is 9.03. The van der Waals surface area contributed by atoms with Gasteiger partial charge in [0.05, 0.1) is 0 Å². The zero-order chi connectivity index (χ0) is 11.9.